The zero-order chi connectivity index (χ0) is 18.5. The maximum absolute atomic E-state index is 13.0. The SMILES string of the molecule is CCc1cccc(C)c1Nc1cncc(C(=O)Nc2ccc(F)cc2)c1. The Balaban J connectivity index is 1.80. The van der Waals surface area contributed by atoms with Gasteiger partial charge in [-0.2, -0.15) is 0 Å². The average Bonchev–Trinajstić information content (AvgIpc) is 2.65. The quantitative estimate of drug-likeness (QED) is 0.675. The number of aryl methyl sites for hydroxylation is 2. The molecule has 1 amide bonds. The number of nitrogens with one attached hydrogen (secondary N) is 2. The lowest BCUT2D eigenvalue weighted by Crippen LogP contribution is -2.12. The summed E-state index contributed by atoms with van der Waals surface area (Å²) in [6.45, 7) is 4.14. The molecule has 0 spiro atoms. The lowest BCUT2D eigenvalue weighted by atomic mass is 10.1. The van der Waals surface area contributed by atoms with Gasteiger partial charge in [-0.1, -0.05) is 25.1 Å². The third kappa shape index (κ3) is 4.06. The van der Waals surface area contributed by atoms with E-state index >= 15 is 0 Å². The van der Waals surface area contributed by atoms with Gasteiger partial charge in [0.05, 0.1) is 17.4 Å². The van der Waals surface area contributed by atoms with Gasteiger partial charge in [-0.05, 0) is 54.8 Å². The van der Waals surface area contributed by atoms with E-state index < -0.39 is 0 Å². The molecular weight excluding hydrogens is 329 g/mol. The van der Waals surface area contributed by atoms with Gasteiger partial charge in [-0.3, -0.25) is 9.78 Å². The largest absolute Gasteiger partial charge is 0.354 e. The highest BCUT2D eigenvalue weighted by Crippen LogP contribution is 2.25. The van der Waals surface area contributed by atoms with Gasteiger partial charge in [0.25, 0.3) is 5.91 Å². The summed E-state index contributed by atoms with van der Waals surface area (Å²) in [4.78, 5) is 16.6. The van der Waals surface area contributed by atoms with E-state index in [9.17, 15) is 9.18 Å². The minimum Gasteiger partial charge on any atom is -0.354 e. The number of hydrogen-bond donors (Lipinski definition) is 2. The van der Waals surface area contributed by atoms with Crippen molar-refractivity contribution >= 4 is 23.0 Å². The van der Waals surface area contributed by atoms with E-state index in [1.807, 2.05) is 19.1 Å². The van der Waals surface area contributed by atoms with Crippen molar-refractivity contribution < 1.29 is 9.18 Å². The number of rotatable bonds is 5. The van der Waals surface area contributed by atoms with Crippen LogP contribution in [0.1, 0.15) is 28.4 Å². The van der Waals surface area contributed by atoms with E-state index in [0.29, 0.717) is 11.3 Å². The summed E-state index contributed by atoms with van der Waals surface area (Å²) in [6.07, 6.45) is 4.09. The molecule has 0 fully saturated rings. The molecule has 5 heteroatoms. The summed E-state index contributed by atoms with van der Waals surface area (Å²) in [6, 6.07) is 13.5. The fourth-order valence-electron chi connectivity index (χ4n) is 2.72. The van der Waals surface area contributed by atoms with Crippen LogP contribution in [0.5, 0.6) is 0 Å². The van der Waals surface area contributed by atoms with Crippen LogP contribution >= 0.6 is 0 Å². The molecule has 132 valence electrons. The van der Waals surface area contributed by atoms with Crippen molar-refractivity contribution in [1.82, 2.24) is 4.98 Å². The standard InChI is InChI=1S/C21H20FN3O/c1-3-15-6-4-5-14(2)20(15)24-19-11-16(12-23-13-19)21(26)25-18-9-7-17(22)8-10-18/h4-13,24H,3H2,1-2H3,(H,25,26). The molecular formula is C21H20FN3O. The predicted octanol–water partition coefficient (Wildman–Crippen LogP) is 5.09. The molecule has 3 aromatic rings. The van der Waals surface area contributed by atoms with Crippen molar-refractivity contribution in [3.05, 3.63) is 83.4 Å². The first kappa shape index (κ1) is 17.6. The van der Waals surface area contributed by atoms with Crippen molar-refractivity contribution in [2.24, 2.45) is 0 Å². The van der Waals surface area contributed by atoms with Crippen molar-refractivity contribution in [3.63, 3.8) is 0 Å². The molecule has 0 saturated heterocycles. The first-order chi connectivity index (χ1) is 12.6. The fourth-order valence-corrected chi connectivity index (χ4v) is 2.72. The number of pyridine rings is 1. The molecule has 0 unspecified atom stereocenters. The molecule has 0 atom stereocenters. The van der Waals surface area contributed by atoms with Crippen LogP contribution in [0, 0.1) is 12.7 Å². The Bertz CT molecular complexity index is 923. The zero-order valence-corrected chi connectivity index (χ0v) is 14.7. The fraction of sp³-hybridized carbons (Fsp3) is 0.143. The molecule has 3 rings (SSSR count). The Hall–Kier alpha value is -3.21. The van der Waals surface area contributed by atoms with Crippen LogP contribution in [0.4, 0.5) is 21.5 Å². The summed E-state index contributed by atoms with van der Waals surface area (Å²) in [7, 11) is 0. The number of hydrogen-bond acceptors (Lipinski definition) is 3. The monoisotopic (exact) mass is 349 g/mol. The second-order valence-electron chi connectivity index (χ2n) is 6.01. The number of benzene rings is 2. The van der Waals surface area contributed by atoms with Crippen LogP contribution in [-0.4, -0.2) is 10.9 Å². The first-order valence-electron chi connectivity index (χ1n) is 8.44. The van der Waals surface area contributed by atoms with Gasteiger partial charge in [0.2, 0.25) is 0 Å². The predicted molar refractivity (Wildman–Crippen MR) is 102 cm³/mol. The number of anilines is 3. The molecule has 0 saturated carbocycles. The summed E-state index contributed by atoms with van der Waals surface area (Å²) in [5.74, 6) is -0.644. The van der Waals surface area contributed by atoms with Gasteiger partial charge >= 0.3 is 0 Å². The second-order valence-corrected chi connectivity index (χ2v) is 6.01. The number of amides is 1. The third-order valence-electron chi connectivity index (χ3n) is 4.11. The van der Waals surface area contributed by atoms with E-state index in [4.69, 9.17) is 0 Å². The summed E-state index contributed by atoms with van der Waals surface area (Å²) < 4.78 is 13.0. The summed E-state index contributed by atoms with van der Waals surface area (Å²) >= 11 is 0. The molecule has 4 nitrogen and oxygen atoms in total. The van der Waals surface area contributed by atoms with Crippen LogP contribution in [0.2, 0.25) is 0 Å². The summed E-state index contributed by atoms with van der Waals surface area (Å²) in [5, 5.41) is 6.10. The Morgan fingerprint density at radius 2 is 1.85 bits per heavy atom. The highest BCUT2D eigenvalue weighted by atomic mass is 19.1. The topological polar surface area (TPSA) is 54.0 Å². The van der Waals surface area contributed by atoms with Crippen LogP contribution in [0.25, 0.3) is 0 Å². The zero-order valence-electron chi connectivity index (χ0n) is 14.7. The highest BCUT2D eigenvalue weighted by Gasteiger charge is 2.10. The Kier molecular flexibility index (Phi) is 5.27. The molecule has 2 aromatic carbocycles. The van der Waals surface area contributed by atoms with Gasteiger partial charge in [0.1, 0.15) is 5.82 Å². The van der Waals surface area contributed by atoms with Crippen molar-refractivity contribution in [2.75, 3.05) is 10.6 Å². The lowest BCUT2D eigenvalue weighted by molar-refractivity contribution is 0.102. The van der Waals surface area contributed by atoms with E-state index in [0.717, 1.165) is 23.4 Å². The van der Waals surface area contributed by atoms with Gasteiger partial charge in [-0.25, -0.2) is 4.39 Å². The van der Waals surface area contributed by atoms with Gasteiger partial charge < -0.3 is 10.6 Å². The van der Waals surface area contributed by atoms with E-state index in [1.54, 1.807) is 12.3 Å². The Morgan fingerprint density at radius 1 is 1.08 bits per heavy atom. The maximum Gasteiger partial charge on any atom is 0.257 e. The number of carbonyl (C=O) groups is 1. The molecule has 0 radical (unpaired) electrons. The van der Waals surface area contributed by atoms with Crippen molar-refractivity contribution in [3.8, 4) is 0 Å². The normalized spacial score (nSPS) is 10.4. The molecule has 26 heavy (non-hydrogen) atoms. The Morgan fingerprint density at radius 3 is 2.58 bits per heavy atom. The maximum atomic E-state index is 13.0. The van der Waals surface area contributed by atoms with E-state index in [-0.39, 0.29) is 11.7 Å². The molecule has 0 aliphatic heterocycles. The molecule has 0 aliphatic carbocycles. The van der Waals surface area contributed by atoms with Crippen molar-refractivity contribution in [1.29, 1.82) is 0 Å². The number of para-hydroxylation sites is 1. The van der Waals surface area contributed by atoms with Crippen LogP contribution < -0.4 is 10.6 Å². The molecule has 0 aliphatic rings. The highest BCUT2D eigenvalue weighted by molar-refractivity contribution is 6.04. The number of aromatic nitrogens is 1. The first-order valence-corrected chi connectivity index (χ1v) is 8.44. The van der Waals surface area contributed by atoms with E-state index in [1.165, 1.54) is 36.0 Å². The second kappa shape index (κ2) is 7.78. The van der Waals surface area contributed by atoms with Gasteiger partial charge in [-0.15, -0.1) is 0 Å². The third-order valence-corrected chi connectivity index (χ3v) is 4.11. The van der Waals surface area contributed by atoms with Crippen molar-refractivity contribution in [2.45, 2.75) is 20.3 Å². The average molecular weight is 349 g/mol. The lowest BCUT2D eigenvalue weighted by Gasteiger charge is -2.14. The van der Waals surface area contributed by atoms with Gasteiger partial charge in [0, 0.05) is 17.6 Å². The number of carbonyl (C=O) groups excluding carboxylic acids is 1. The smallest absolute Gasteiger partial charge is 0.257 e. The van der Waals surface area contributed by atoms with Crippen LogP contribution in [-0.2, 0) is 6.42 Å². The molecule has 1 heterocycles. The molecule has 2 N–H and O–H groups in total. The molecule has 1 aromatic heterocycles. The number of halogens is 1. The minimum absolute atomic E-state index is 0.298. The summed E-state index contributed by atoms with van der Waals surface area (Å²) in [5.41, 5.74) is 5.05. The van der Waals surface area contributed by atoms with Gasteiger partial charge in [0.15, 0.2) is 0 Å². The molecule has 0 bridgehead atoms. The van der Waals surface area contributed by atoms with E-state index in [2.05, 4.69) is 28.6 Å². The minimum atomic E-state index is -0.346. The van der Waals surface area contributed by atoms with Crippen LogP contribution in [0.3, 0.4) is 0 Å². The Labute approximate surface area is 152 Å². The van der Waals surface area contributed by atoms with Crippen LogP contribution in [0.15, 0.2) is 60.9 Å². The number of nitrogens with zero attached hydrogens (tertiary/aromatic N) is 1.